The Hall–Kier alpha value is -3.61. The minimum Gasteiger partial charge on any atom is -0.462 e. The molecule has 0 radical (unpaired) electrons. The van der Waals surface area contributed by atoms with Crippen molar-refractivity contribution in [1.82, 2.24) is 0 Å². The summed E-state index contributed by atoms with van der Waals surface area (Å²) in [6.45, 7) is 1.35. The van der Waals surface area contributed by atoms with E-state index in [0.29, 0.717) is 17.2 Å². The number of rotatable bonds is 6. The van der Waals surface area contributed by atoms with E-state index in [2.05, 4.69) is 4.74 Å². The zero-order chi connectivity index (χ0) is 21.7. The Morgan fingerprint density at radius 3 is 1.87 bits per heavy atom. The van der Waals surface area contributed by atoms with Gasteiger partial charge in [0.1, 0.15) is 16.9 Å². The van der Waals surface area contributed by atoms with Gasteiger partial charge in [-0.05, 0) is 24.1 Å². The second-order valence-electron chi connectivity index (χ2n) is 6.24. The lowest BCUT2D eigenvalue weighted by atomic mass is 10.0. The molecule has 0 saturated heterocycles. The van der Waals surface area contributed by atoms with Gasteiger partial charge in [0, 0.05) is 0 Å². The van der Waals surface area contributed by atoms with Gasteiger partial charge in [0.2, 0.25) is 0 Å². The maximum atomic E-state index is 14.5. The van der Waals surface area contributed by atoms with Gasteiger partial charge < -0.3 is 9.47 Å². The SMILES string of the molecule is CCOC(=O)c1cc(F)c(C(=O)OC(c2ccccc2)c2ccccc2)c(F)c1F. The Morgan fingerprint density at radius 1 is 0.833 bits per heavy atom. The van der Waals surface area contributed by atoms with E-state index in [1.165, 1.54) is 6.92 Å². The molecule has 0 aliphatic rings. The molecule has 0 bridgehead atoms. The third-order valence-corrected chi connectivity index (χ3v) is 4.29. The van der Waals surface area contributed by atoms with Crippen molar-refractivity contribution < 1.29 is 32.2 Å². The number of halogens is 3. The fraction of sp³-hybridized carbons (Fsp3) is 0.130. The summed E-state index contributed by atoms with van der Waals surface area (Å²) in [7, 11) is 0. The van der Waals surface area contributed by atoms with Gasteiger partial charge in [-0.1, -0.05) is 60.7 Å². The van der Waals surface area contributed by atoms with Gasteiger partial charge in [-0.2, -0.15) is 0 Å². The number of benzene rings is 3. The first-order chi connectivity index (χ1) is 14.4. The number of carbonyl (C=O) groups excluding carboxylic acids is 2. The Labute approximate surface area is 170 Å². The van der Waals surface area contributed by atoms with Crippen LogP contribution in [0.25, 0.3) is 0 Å². The van der Waals surface area contributed by atoms with Crippen LogP contribution >= 0.6 is 0 Å². The monoisotopic (exact) mass is 414 g/mol. The molecule has 0 N–H and O–H groups in total. The third-order valence-electron chi connectivity index (χ3n) is 4.29. The highest BCUT2D eigenvalue weighted by Gasteiger charge is 2.30. The van der Waals surface area contributed by atoms with Gasteiger partial charge in [-0.3, -0.25) is 0 Å². The zero-order valence-electron chi connectivity index (χ0n) is 15.9. The Morgan fingerprint density at radius 2 is 1.37 bits per heavy atom. The van der Waals surface area contributed by atoms with Crippen molar-refractivity contribution in [2.45, 2.75) is 13.0 Å². The quantitative estimate of drug-likeness (QED) is 0.410. The van der Waals surface area contributed by atoms with Crippen molar-refractivity contribution in [3.8, 4) is 0 Å². The Kier molecular flexibility index (Phi) is 6.51. The summed E-state index contributed by atoms with van der Waals surface area (Å²) in [5, 5.41) is 0. The van der Waals surface area contributed by atoms with Crippen LogP contribution in [0.4, 0.5) is 13.2 Å². The molecule has 0 aliphatic heterocycles. The van der Waals surface area contributed by atoms with Gasteiger partial charge in [0.05, 0.1) is 6.61 Å². The molecule has 3 aromatic carbocycles. The van der Waals surface area contributed by atoms with E-state index in [9.17, 15) is 22.8 Å². The molecule has 4 nitrogen and oxygen atoms in total. The van der Waals surface area contributed by atoms with Crippen molar-refractivity contribution in [1.29, 1.82) is 0 Å². The van der Waals surface area contributed by atoms with E-state index in [1.807, 2.05) is 0 Å². The van der Waals surface area contributed by atoms with Crippen LogP contribution in [0.5, 0.6) is 0 Å². The van der Waals surface area contributed by atoms with E-state index in [-0.39, 0.29) is 6.61 Å². The standard InChI is InChI=1S/C23H17F3O4/c1-2-29-22(27)16-13-17(24)18(20(26)19(16)25)23(28)30-21(14-9-5-3-6-10-14)15-11-7-4-8-12-15/h3-13,21H,2H2,1H3. The lowest BCUT2D eigenvalue weighted by Gasteiger charge is -2.19. The summed E-state index contributed by atoms with van der Waals surface area (Å²) < 4.78 is 53.2. The van der Waals surface area contributed by atoms with Gasteiger partial charge in [-0.15, -0.1) is 0 Å². The molecule has 0 aliphatic carbocycles. The molecular formula is C23H17F3O4. The predicted molar refractivity (Wildman–Crippen MR) is 102 cm³/mol. The van der Waals surface area contributed by atoms with Crippen molar-refractivity contribution in [3.05, 3.63) is 106 Å². The second-order valence-corrected chi connectivity index (χ2v) is 6.24. The van der Waals surface area contributed by atoms with E-state index < -0.39 is 46.6 Å². The van der Waals surface area contributed by atoms with Gasteiger partial charge in [0.25, 0.3) is 0 Å². The van der Waals surface area contributed by atoms with Crippen LogP contribution in [0.2, 0.25) is 0 Å². The topological polar surface area (TPSA) is 52.6 Å². The number of ether oxygens (including phenoxy) is 2. The van der Waals surface area contributed by atoms with Gasteiger partial charge >= 0.3 is 11.9 Å². The Balaban J connectivity index is 1.99. The summed E-state index contributed by atoms with van der Waals surface area (Å²) in [4.78, 5) is 24.3. The molecule has 30 heavy (non-hydrogen) atoms. The second kappa shape index (κ2) is 9.26. The first-order valence-corrected chi connectivity index (χ1v) is 9.09. The first-order valence-electron chi connectivity index (χ1n) is 9.09. The summed E-state index contributed by atoms with van der Waals surface area (Å²) in [6, 6.07) is 17.5. The minimum absolute atomic E-state index is 0.110. The normalized spacial score (nSPS) is 10.7. The number of hydrogen-bond acceptors (Lipinski definition) is 4. The van der Waals surface area contributed by atoms with E-state index in [1.54, 1.807) is 60.7 Å². The molecule has 3 aromatic rings. The fourth-order valence-electron chi connectivity index (χ4n) is 2.89. The molecule has 3 rings (SSSR count). The smallest absolute Gasteiger partial charge is 0.345 e. The van der Waals surface area contributed by atoms with Crippen LogP contribution in [0.1, 0.15) is 44.9 Å². The molecule has 0 aromatic heterocycles. The van der Waals surface area contributed by atoms with Crippen LogP contribution in [0, 0.1) is 17.5 Å². The fourth-order valence-corrected chi connectivity index (χ4v) is 2.89. The lowest BCUT2D eigenvalue weighted by molar-refractivity contribution is 0.0363. The highest BCUT2D eigenvalue weighted by Crippen LogP contribution is 2.29. The number of carbonyl (C=O) groups is 2. The third kappa shape index (κ3) is 4.35. The summed E-state index contributed by atoms with van der Waals surface area (Å²) in [6.07, 6.45) is -0.980. The van der Waals surface area contributed by atoms with E-state index in [4.69, 9.17) is 4.74 Å². The number of hydrogen-bond donors (Lipinski definition) is 0. The van der Waals surface area contributed by atoms with E-state index in [0.717, 1.165) is 0 Å². The highest BCUT2D eigenvalue weighted by molar-refractivity contribution is 5.94. The molecule has 0 amide bonds. The molecule has 0 unspecified atom stereocenters. The largest absolute Gasteiger partial charge is 0.462 e. The first kappa shape index (κ1) is 21.1. The molecule has 0 fully saturated rings. The average molecular weight is 414 g/mol. The molecule has 0 heterocycles. The van der Waals surface area contributed by atoms with Crippen molar-refractivity contribution in [2.75, 3.05) is 6.61 Å². The van der Waals surface area contributed by atoms with Crippen LogP contribution < -0.4 is 0 Å². The summed E-state index contributed by atoms with van der Waals surface area (Å²) in [5.74, 6) is -7.57. The van der Waals surface area contributed by atoms with Crippen LogP contribution in [0.3, 0.4) is 0 Å². The van der Waals surface area contributed by atoms with E-state index >= 15 is 0 Å². The average Bonchev–Trinajstić information content (AvgIpc) is 2.76. The minimum atomic E-state index is -1.82. The van der Waals surface area contributed by atoms with Crippen molar-refractivity contribution >= 4 is 11.9 Å². The van der Waals surface area contributed by atoms with Crippen LogP contribution in [-0.2, 0) is 9.47 Å². The van der Waals surface area contributed by atoms with Crippen LogP contribution in [0.15, 0.2) is 66.7 Å². The van der Waals surface area contributed by atoms with Crippen molar-refractivity contribution in [3.63, 3.8) is 0 Å². The maximum absolute atomic E-state index is 14.5. The van der Waals surface area contributed by atoms with Gasteiger partial charge in [0.15, 0.2) is 17.7 Å². The summed E-state index contributed by atoms with van der Waals surface area (Å²) in [5.41, 5.74) is -1.05. The molecule has 0 saturated carbocycles. The highest BCUT2D eigenvalue weighted by atomic mass is 19.2. The number of esters is 2. The van der Waals surface area contributed by atoms with Crippen molar-refractivity contribution in [2.24, 2.45) is 0 Å². The predicted octanol–water partition coefficient (Wildman–Crippen LogP) is 5.23. The molecule has 154 valence electrons. The zero-order valence-corrected chi connectivity index (χ0v) is 15.9. The van der Waals surface area contributed by atoms with Gasteiger partial charge in [-0.25, -0.2) is 22.8 Å². The summed E-state index contributed by atoms with van der Waals surface area (Å²) >= 11 is 0. The van der Waals surface area contributed by atoms with Crippen LogP contribution in [-0.4, -0.2) is 18.5 Å². The molecule has 7 heteroatoms. The Bertz CT molecular complexity index is 1010. The molecule has 0 spiro atoms. The molecule has 0 atom stereocenters. The lowest BCUT2D eigenvalue weighted by Crippen LogP contribution is -2.18. The molecular weight excluding hydrogens is 397 g/mol. The maximum Gasteiger partial charge on any atom is 0.345 e.